The number of likely N-dealkylation sites (N-methyl/N-ethyl adjacent to an activating group) is 2. The SMILES string of the molecule is CCCC(C(=O)NC=O)c1noc2c3c(ccc12)CC(CN1CCc2ccc(Nc4nc(N5CCCC(N(C)CCN(C)C=O)C5)cnc4C=O)cc2C1)C3. The van der Waals surface area contributed by atoms with Crippen molar-refractivity contribution < 1.29 is 23.7 Å². The molecule has 2 N–H and O–H groups in total. The molecular formula is C41H51N9O5. The van der Waals surface area contributed by atoms with Crippen LogP contribution in [0.1, 0.15) is 77.0 Å². The van der Waals surface area contributed by atoms with Gasteiger partial charge in [-0.15, -0.1) is 0 Å². The van der Waals surface area contributed by atoms with Gasteiger partial charge < -0.3 is 19.6 Å². The second-order valence-corrected chi connectivity index (χ2v) is 15.4. The average molecular weight is 750 g/mol. The number of amides is 3. The summed E-state index contributed by atoms with van der Waals surface area (Å²) >= 11 is 0. The number of benzene rings is 2. The van der Waals surface area contributed by atoms with Gasteiger partial charge in [0.05, 0.1) is 12.1 Å². The first-order valence-corrected chi connectivity index (χ1v) is 19.5. The maximum atomic E-state index is 12.7. The molecule has 1 aliphatic carbocycles. The van der Waals surface area contributed by atoms with Gasteiger partial charge in [-0.25, -0.2) is 9.97 Å². The van der Waals surface area contributed by atoms with Crippen LogP contribution in [0.4, 0.5) is 17.3 Å². The molecule has 14 heteroatoms. The van der Waals surface area contributed by atoms with Crippen molar-refractivity contribution in [2.75, 3.05) is 63.6 Å². The molecule has 0 bridgehead atoms. The Hall–Kier alpha value is -5.21. The molecule has 7 rings (SSSR count). The monoisotopic (exact) mass is 749 g/mol. The lowest BCUT2D eigenvalue weighted by Gasteiger charge is -2.38. The van der Waals surface area contributed by atoms with Crippen molar-refractivity contribution in [3.8, 4) is 0 Å². The Bertz CT molecular complexity index is 2030. The molecule has 3 unspecified atom stereocenters. The van der Waals surface area contributed by atoms with Crippen LogP contribution in [0.3, 0.4) is 0 Å². The van der Waals surface area contributed by atoms with Crippen molar-refractivity contribution in [2.24, 2.45) is 5.92 Å². The molecule has 0 saturated carbocycles. The highest BCUT2D eigenvalue weighted by atomic mass is 16.5. The van der Waals surface area contributed by atoms with E-state index in [1.807, 2.05) is 13.0 Å². The Morgan fingerprint density at radius 3 is 2.73 bits per heavy atom. The van der Waals surface area contributed by atoms with Crippen LogP contribution in [0.15, 0.2) is 41.1 Å². The molecule has 0 radical (unpaired) electrons. The number of rotatable bonds is 16. The van der Waals surface area contributed by atoms with Gasteiger partial charge in [-0.05, 0) is 86.4 Å². The Kier molecular flexibility index (Phi) is 11.8. The van der Waals surface area contributed by atoms with Gasteiger partial charge in [0.2, 0.25) is 18.7 Å². The molecular weight excluding hydrogens is 699 g/mol. The van der Waals surface area contributed by atoms with Crippen LogP contribution in [-0.2, 0) is 40.2 Å². The summed E-state index contributed by atoms with van der Waals surface area (Å²) in [6.07, 6.45) is 9.93. The van der Waals surface area contributed by atoms with E-state index in [2.05, 4.69) is 66.8 Å². The van der Waals surface area contributed by atoms with Crippen LogP contribution in [0.5, 0.6) is 0 Å². The minimum atomic E-state index is -0.538. The predicted molar refractivity (Wildman–Crippen MR) is 209 cm³/mol. The number of imide groups is 1. The molecule has 2 aliphatic heterocycles. The van der Waals surface area contributed by atoms with Gasteiger partial charge in [0.25, 0.3) is 0 Å². The summed E-state index contributed by atoms with van der Waals surface area (Å²) in [7, 11) is 3.89. The van der Waals surface area contributed by atoms with Crippen LogP contribution in [-0.4, -0.2) is 114 Å². The van der Waals surface area contributed by atoms with E-state index < -0.39 is 5.92 Å². The molecule has 3 aliphatic rings. The summed E-state index contributed by atoms with van der Waals surface area (Å²) in [5.74, 6) is 0.707. The molecule has 2 aromatic heterocycles. The van der Waals surface area contributed by atoms with Gasteiger partial charge in [0, 0.05) is 75.5 Å². The highest BCUT2D eigenvalue weighted by Crippen LogP contribution is 2.38. The van der Waals surface area contributed by atoms with E-state index in [0.29, 0.717) is 42.8 Å². The van der Waals surface area contributed by atoms with E-state index in [9.17, 15) is 19.2 Å². The number of carbonyl (C=O) groups excluding carboxylic acids is 4. The molecule has 1 saturated heterocycles. The third-order valence-corrected chi connectivity index (χ3v) is 11.6. The summed E-state index contributed by atoms with van der Waals surface area (Å²) in [6.45, 7) is 7.86. The Balaban J connectivity index is 1.00. The fourth-order valence-corrected chi connectivity index (χ4v) is 8.57. The summed E-state index contributed by atoms with van der Waals surface area (Å²) in [5.41, 5.74) is 7.49. The topological polar surface area (TPSA) is 157 Å². The first-order chi connectivity index (χ1) is 26.8. The minimum absolute atomic E-state index is 0.268. The molecule has 14 nitrogen and oxygen atoms in total. The second-order valence-electron chi connectivity index (χ2n) is 15.4. The fourth-order valence-electron chi connectivity index (χ4n) is 8.57. The zero-order valence-electron chi connectivity index (χ0n) is 32.0. The van der Waals surface area contributed by atoms with Gasteiger partial charge in [0.1, 0.15) is 17.2 Å². The first kappa shape index (κ1) is 38.1. The molecule has 3 amide bonds. The third kappa shape index (κ3) is 8.40. The van der Waals surface area contributed by atoms with Gasteiger partial charge in [-0.2, -0.15) is 0 Å². The van der Waals surface area contributed by atoms with E-state index >= 15 is 0 Å². The van der Waals surface area contributed by atoms with E-state index in [1.165, 1.54) is 22.3 Å². The number of aldehydes is 1. The molecule has 3 atom stereocenters. The number of carbonyl (C=O) groups is 4. The smallest absolute Gasteiger partial charge is 0.235 e. The number of nitrogens with zero attached hydrogens (tertiary/aromatic N) is 7. The zero-order chi connectivity index (χ0) is 38.5. The number of hydrogen-bond donors (Lipinski definition) is 2. The third-order valence-electron chi connectivity index (χ3n) is 11.6. The van der Waals surface area contributed by atoms with Crippen LogP contribution >= 0.6 is 0 Å². The lowest BCUT2D eigenvalue weighted by molar-refractivity contribution is -0.126. The predicted octanol–water partition coefficient (Wildman–Crippen LogP) is 4.09. The largest absolute Gasteiger partial charge is 0.356 e. The zero-order valence-corrected chi connectivity index (χ0v) is 32.0. The van der Waals surface area contributed by atoms with Crippen molar-refractivity contribution in [1.29, 1.82) is 0 Å². The minimum Gasteiger partial charge on any atom is -0.356 e. The number of aromatic nitrogens is 3. The quantitative estimate of drug-likeness (QED) is 0.159. The molecule has 4 heterocycles. The molecule has 4 aromatic rings. The van der Waals surface area contributed by atoms with Gasteiger partial charge >= 0.3 is 0 Å². The molecule has 290 valence electrons. The Morgan fingerprint density at radius 1 is 1.07 bits per heavy atom. The van der Waals surface area contributed by atoms with E-state index in [0.717, 1.165) is 113 Å². The normalized spacial score (nSPS) is 18.8. The van der Waals surface area contributed by atoms with Crippen molar-refractivity contribution >= 4 is 53.3 Å². The van der Waals surface area contributed by atoms with Crippen molar-refractivity contribution in [1.82, 2.24) is 35.1 Å². The first-order valence-electron chi connectivity index (χ1n) is 19.5. The highest BCUT2D eigenvalue weighted by Gasteiger charge is 2.32. The van der Waals surface area contributed by atoms with Gasteiger partial charge in [-0.1, -0.05) is 30.6 Å². The summed E-state index contributed by atoms with van der Waals surface area (Å²) in [6, 6.07) is 10.9. The van der Waals surface area contributed by atoms with E-state index in [-0.39, 0.29) is 11.6 Å². The maximum absolute atomic E-state index is 12.7. The maximum Gasteiger partial charge on any atom is 0.235 e. The summed E-state index contributed by atoms with van der Waals surface area (Å²) in [5, 5.41) is 10.9. The van der Waals surface area contributed by atoms with Crippen molar-refractivity contribution in [3.63, 3.8) is 0 Å². The lowest BCUT2D eigenvalue weighted by atomic mass is 9.95. The van der Waals surface area contributed by atoms with Crippen molar-refractivity contribution in [3.05, 3.63) is 70.2 Å². The van der Waals surface area contributed by atoms with E-state index in [1.54, 1.807) is 18.1 Å². The number of fused-ring (bicyclic) bond motifs is 4. The lowest BCUT2D eigenvalue weighted by Crippen LogP contribution is -2.48. The van der Waals surface area contributed by atoms with Crippen LogP contribution < -0.4 is 15.5 Å². The standard InChI is InChI=1S/C41H51N9O5/c1-4-6-34(41(54)43-25-52)38-33-11-9-29-17-27(18-35(29)39(33)55-46-38)21-49-14-12-28-8-10-31(19-30(28)22-49)44-40-36(24-51)42-20-37(45-40)50-13-5-7-32(23-50)48(3)16-15-47(2)26-53/h8-11,19-20,24-27,32,34H,4-7,12-18,21-23H2,1-3H3,(H,44,45)(H,43,52,54). The summed E-state index contributed by atoms with van der Waals surface area (Å²) < 4.78 is 5.90. The number of anilines is 3. The highest BCUT2D eigenvalue weighted by molar-refractivity contribution is 5.95. The van der Waals surface area contributed by atoms with Crippen molar-refractivity contribution in [2.45, 2.75) is 70.4 Å². The molecule has 0 spiro atoms. The molecule has 1 fully saturated rings. The van der Waals surface area contributed by atoms with E-state index in [4.69, 9.17) is 9.51 Å². The average Bonchev–Trinajstić information content (AvgIpc) is 3.82. The number of hydrogen-bond acceptors (Lipinski definition) is 12. The van der Waals surface area contributed by atoms with Crippen LogP contribution in [0.2, 0.25) is 0 Å². The van der Waals surface area contributed by atoms with Gasteiger partial charge in [0.15, 0.2) is 17.7 Å². The molecule has 55 heavy (non-hydrogen) atoms. The second kappa shape index (κ2) is 17.1. The van der Waals surface area contributed by atoms with Crippen LogP contribution in [0.25, 0.3) is 11.0 Å². The van der Waals surface area contributed by atoms with Crippen LogP contribution in [0, 0.1) is 5.92 Å². The molecule has 2 aromatic carbocycles. The number of nitrogens with one attached hydrogen (secondary N) is 2. The van der Waals surface area contributed by atoms with Gasteiger partial charge in [-0.3, -0.25) is 34.3 Å². The Labute approximate surface area is 321 Å². The summed E-state index contributed by atoms with van der Waals surface area (Å²) in [4.78, 5) is 64.9. The number of piperidine rings is 1. The Morgan fingerprint density at radius 2 is 1.93 bits per heavy atom. The fraction of sp³-hybridized carbons (Fsp3) is 0.488.